The van der Waals surface area contributed by atoms with Crippen LogP contribution in [0.5, 0.6) is 0 Å². The fourth-order valence-electron chi connectivity index (χ4n) is 2.71. The Kier molecular flexibility index (Phi) is 4.64. The number of nitrogen functional groups attached to an aromatic ring is 1. The number of aliphatic imine (C=N–C) groups is 1. The van der Waals surface area contributed by atoms with Crippen LogP contribution in [0.3, 0.4) is 0 Å². The first-order chi connectivity index (χ1) is 11.5. The summed E-state index contributed by atoms with van der Waals surface area (Å²) in [6, 6.07) is 5.36. The zero-order valence-electron chi connectivity index (χ0n) is 12.8. The second-order valence-corrected chi connectivity index (χ2v) is 6.29. The highest BCUT2D eigenvalue weighted by molar-refractivity contribution is 6.43. The summed E-state index contributed by atoms with van der Waals surface area (Å²) in [6.45, 7) is 1.45. The van der Waals surface area contributed by atoms with Crippen LogP contribution in [0, 0.1) is 0 Å². The van der Waals surface area contributed by atoms with Crippen LogP contribution in [0.4, 0.5) is 11.6 Å². The molecule has 1 aliphatic heterocycles. The standard InChI is InChI=1S/C15H17Cl2N7/c16-10-3-1-2-9(12(10)17)13-14(18)23-11(6-21-13)24-5-4-8(7-24)22-15(19)20/h1-3,6,8H,4-5,7H2,(H2,18,23)(H4,19,20,22). The highest BCUT2D eigenvalue weighted by Gasteiger charge is 2.24. The van der Waals surface area contributed by atoms with E-state index in [-0.39, 0.29) is 12.0 Å². The maximum atomic E-state index is 6.23. The van der Waals surface area contributed by atoms with E-state index in [4.69, 9.17) is 40.4 Å². The summed E-state index contributed by atoms with van der Waals surface area (Å²) < 4.78 is 0. The first kappa shape index (κ1) is 16.6. The molecule has 0 spiro atoms. The van der Waals surface area contributed by atoms with Gasteiger partial charge in [0.05, 0.1) is 22.3 Å². The van der Waals surface area contributed by atoms with E-state index in [0.29, 0.717) is 39.5 Å². The zero-order chi connectivity index (χ0) is 17.3. The van der Waals surface area contributed by atoms with Gasteiger partial charge in [0, 0.05) is 18.7 Å². The molecular weight excluding hydrogens is 349 g/mol. The molecule has 7 nitrogen and oxygen atoms in total. The minimum absolute atomic E-state index is 0.0556. The van der Waals surface area contributed by atoms with Gasteiger partial charge in [0.25, 0.3) is 0 Å². The van der Waals surface area contributed by atoms with Crippen LogP contribution in [0.1, 0.15) is 6.42 Å². The van der Waals surface area contributed by atoms with Gasteiger partial charge in [0.15, 0.2) is 11.8 Å². The molecule has 1 fully saturated rings. The van der Waals surface area contributed by atoms with Gasteiger partial charge in [-0.3, -0.25) is 0 Å². The molecule has 0 amide bonds. The Hall–Kier alpha value is -2.25. The molecule has 0 saturated carbocycles. The molecule has 2 heterocycles. The first-order valence-electron chi connectivity index (χ1n) is 7.36. The van der Waals surface area contributed by atoms with E-state index in [9.17, 15) is 0 Å². The van der Waals surface area contributed by atoms with Gasteiger partial charge in [-0.2, -0.15) is 0 Å². The van der Waals surface area contributed by atoms with Crippen molar-refractivity contribution in [2.75, 3.05) is 23.7 Å². The molecule has 0 radical (unpaired) electrons. The van der Waals surface area contributed by atoms with Crippen LogP contribution in [-0.2, 0) is 0 Å². The van der Waals surface area contributed by atoms with E-state index in [1.807, 2.05) is 4.90 Å². The van der Waals surface area contributed by atoms with Crippen LogP contribution < -0.4 is 22.1 Å². The van der Waals surface area contributed by atoms with Gasteiger partial charge in [-0.1, -0.05) is 35.3 Å². The maximum Gasteiger partial charge on any atom is 0.186 e. The van der Waals surface area contributed by atoms with Crippen LogP contribution >= 0.6 is 23.2 Å². The average Bonchev–Trinajstić information content (AvgIpc) is 2.98. The lowest BCUT2D eigenvalue weighted by Crippen LogP contribution is -2.27. The number of hydrogen-bond acceptors (Lipinski definition) is 5. The summed E-state index contributed by atoms with van der Waals surface area (Å²) in [6.07, 6.45) is 2.52. The van der Waals surface area contributed by atoms with Gasteiger partial charge in [-0.25, -0.2) is 15.0 Å². The van der Waals surface area contributed by atoms with Crippen molar-refractivity contribution in [3.8, 4) is 11.3 Å². The number of hydrogen-bond donors (Lipinski definition) is 3. The smallest absolute Gasteiger partial charge is 0.186 e. The average molecular weight is 366 g/mol. The fraction of sp³-hybridized carbons (Fsp3) is 0.267. The number of guanidine groups is 1. The maximum absolute atomic E-state index is 6.23. The number of nitrogens with two attached hydrogens (primary N) is 3. The number of nitrogens with zero attached hydrogens (tertiary/aromatic N) is 4. The van der Waals surface area contributed by atoms with Crippen molar-refractivity contribution in [1.29, 1.82) is 0 Å². The zero-order valence-corrected chi connectivity index (χ0v) is 14.3. The molecule has 24 heavy (non-hydrogen) atoms. The van der Waals surface area contributed by atoms with Crippen molar-refractivity contribution in [3.63, 3.8) is 0 Å². The van der Waals surface area contributed by atoms with Gasteiger partial charge >= 0.3 is 0 Å². The molecule has 9 heteroatoms. The molecular formula is C15H17Cl2N7. The molecule has 1 atom stereocenters. The number of anilines is 2. The molecule has 6 N–H and O–H groups in total. The van der Waals surface area contributed by atoms with Crippen molar-refractivity contribution in [2.45, 2.75) is 12.5 Å². The summed E-state index contributed by atoms with van der Waals surface area (Å²) in [7, 11) is 0. The second-order valence-electron chi connectivity index (χ2n) is 5.51. The van der Waals surface area contributed by atoms with E-state index >= 15 is 0 Å². The Morgan fingerprint density at radius 3 is 2.79 bits per heavy atom. The van der Waals surface area contributed by atoms with Crippen molar-refractivity contribution in [1.82, 2.24) is 9.97 Å². The van der Waals surface area contributed by atoms with E-state index in [2.05, 4.69) is 15.0 Å². The molecule has 1 saturated heterocycles. The monoisotopic (exact) mass is 365 g/mol. The first-order valence-corrected chi connectivity index (χ1v) is 8.12. The summed E-state index contributed by atoms with van der Waals surface area (Å²) in [5.41, 5.74) is 18.1. The molecule has 0 bridgehead atoms. The van der Waals surface area contributed by atoms with Crippen molar-refractivity contribution in [2.24, 2.45) is 16.5 Å². The highest BCUT2D eigenvalue weighted by Crippen LogP contribution is 2.35. The molecule has 1 aromatic carbocycles. The number of halogens is 2. The summed E-state index contributed by atoms with van der Waals surface area (Å²) in [4.78, 5) is 15.1. The quantitative estimate of drug-likeness (QED) is 0.564. The van der Waals surface area contributed by atoms with E-state index in [1.54, 1.807) is 24.4 Å². The number of aromatic nitrogens is 2. The van der Waals surface area contributed by atoms with E-state index < -0.39 is 0 Å². The topological polar surface area (TPSA) is 119 Å². The minimum Gasteiger partial charge on any atom is -0.382 e. The van der Waals surface area contributed by atoms with Crippen LogP contribution in [0.15, 0.2) is 29.4 Å². The third-order valence-electron chi connectivity index (χ3n) is 3.81. The van der Waals surface area contributed by atoms with Crippen LogP contribution in [-0.4, -0.2) is 35.1 Å². The second kappa shape index (κ2) is 6.70. The largest absolute Gasteiger partial charge is 0.382 e. The summed E-state index contributed by atoms with van der Waals surface area (Å²) >= 11 is 12.3. The normalized spacial score (nSPS) is 17.1. The Morgan fingerprint density at radius 2 is 2.08 bits per heavy atom. The summed E-state index contributed by atoms with van der Waals surface area (Å²) in [5, 5.41) is 0.848. The van der Waals surface area contributed by atoms with Crippen molar-refractivity contribution >= 4 is 40.8 Å². The van der Waals surface area contributed by atoms with Gasteiger partial charge < -0.3 is 22.1 Å². The van der Waals surface area contributed by atoms with Gasteiger partial charge in [0.1, 0.15) is 11.5 Å². The van der Waals surface area contributed by atoms with E-state index in [0.717, 1.165) is 13.0 Å². The van der Waals surface area contributed by atoms with Gasteiger partial charge in [0.2, 0.25) is 0 Å². The molecule has 1 aromatic heterocycles. The SMILES string of the molecule is NC(N)=NC1CCN(c2cnc(-c3cccc(Cl)c3Cl)c(N)n2)C1. The van der Waals surface area contributed by atoms with E-state index in [1.165, 1.54) is 0 Å². The predicted octanol–water partition coefficient (Wildman–Crippen LogP) is 1.88. The van der Waals surface area contributed by atoms with Crippen molar-refractivity contribution in [3.05, 3.63) is 34.4 Å². The Morgan fingerprint density at radius 1 is 1.29 bits per heavy atom. The Labute approximate surface area is 149 Å². The van der Waals surface area contributed by atoms with Gasteiger partial charge in [-0.05, 0) is 12.5 Å². The third kappa shape index (κ3) is 3.32. The molecule has 0 aliphatic carbocycles. The number of rotatable bonds is 3. The number of benzene rings is 1. The van der Waals surface area contributed by atoms with Gasteiger partial charge in [-0.15, -0.1) is 0 Å². The van der Waals surface area contributed by atoms with Crippen LogP contribution in [0.25, 0.3) is 11.3 Å². The highest BCUT2D eigenvalue weighted by atomic mass is 35.5. The lowest BCUT2D eigenvalue weighted by Gasteiger charge is -2.17. The predicted molar refractivity (Wildman–Crippen MR) is 98.3 cm³/mol. The lowest BCUT2D eigenvalue weighted by atomic mass is 10.1. The lowest BCUT2D eigenvalue weighted by molar-refractivity contribution is 0.750. The molecule has 126 valence electrons. The van der Waals surface area contributed by atoms with Crippen LogP contribution in [0.2, 0.25) is 10.0 Å². The molecule has 1 aliphatic rings. The summed E-state index contributed by atoms with van der Waals surface area (Å²) in [5.74, 6) is 1.07. The molecule has 3 rings (SSSR count). The minimum atomic E-state index is 0.0556. The fourth-order valence-corrected chi connectivity index (χ4v) is 3.10. The molecule has 2 aromatic rings. The third-order valence-corrected chi connectivity index (χ3v) is 4.63. The Bertz CT molecular complexity index is 789. The Balaban J connectivity index is 1.86. The molecule has 1 unspecified atom stereocenters. The van der Waals surface area contributed by atoms with Crippen molar-refractivity contribution < 1.29 is 0 Å².